The van der Waals surface area contributed by atoms with Gasteiger partial charge in [-0.3, -0.25) is 0 Å². The van der Waals surface area contributed by atoms with Gasteiger partial charge in [0, 0.05) is 0 Å². The number of benzene rings is 1. The van der Waals surface area contributed by atoms with Gasteiger partial charge in [-0.2, -0.15) is 0 Å². The van der Waals surface area contributed by atoms with E-state index in [-0.39, 0.29) is 0 Å². The topological polar surface area (TPSA) is 0 Å². The van der Waals surface area contributed by atoms with Gasteiger partial charge in [0.15, 0.2) is 0 Å². The van der Waals surface area contributed by atoms with Gasteiger partial charge in [-0.05, 0) is 36.8 Å². The monoisotopic (exact) mass is 414 g/mol. The zero-order valence-corrected chi connectivity index (χ0v) is 20.9. The lowest BCUT2D eigenvalue weighted by Crippen LogP contribution is -1.91. The minimum atomic E-state index is 1.28. The van der Waals surface area contributed by atoms with Gasteiger partial charge in [0.25, 0.3) is 0 Å². The average molecular weight is 415 g/mol. The van der Waals surface area contributed by atoms with E-state index in [1.807, 2.05) is 0 Å². The largest absolute Gasteiger partial charge is 0.0654 e. The van der Waals surface area contributed by atoms with Crippen LogP contribution in [-0.4, -0.2) is 0 Å². The fraction of sp³-hybridized carbons (Fsp3) is 0.800. The zero-order chi connectivity index (χ0) is 21.5. The predicted molar refractivity (Wildman–Crippen MR) is 138 cm³/mol. The normalized spacial score (nSPS) is 11.3. The molecular weight excluding hydrogens is 360 g/mol. The van der Waals surface area contributed by atoms with Crippen molar-refractivity contribution in [2.45, 2.75) is 155 Å². The molecule has 0 N–H and O–H groups in total. The summed E-state index contributed by atoms with van der Waals surface area (Å²) >= 11 is 0. The van der Waals surface area contributed by atoms with E-state index >= 15 is 0 Å². The van der Waals surface area contributed by atoms with Crippen molar-refractivity contribution in [3.05, 3.63) is 35.4 Å². The van der Waals surface area contributed by atoms with Gasteiger partial charge < -0.3 is 0 Å². The van der Waals surface area contributed by atoms with Gasteiger partial charge in [0.2, 0.25) is 0 Å². The summed E-state index contributed by atoms with van der Waals surface area (Å²) in [6.45, 7) is 4.60. The molecule has 0 heteroatoms. The molecule has 0 aliphatic heterocycles. The van der Waals surface area contributed by atoms with Crippen LogP contribution in [0.4, 0.5) is 0 Å². The van der Waals surface area contributed by atoms with Crippen molar-refractivity contribution in [3.63, 3.8) is 0 Å². The van der Waals surface area contributed by atoms with Crippen LogP contribution >= 0.6 is 0 Å². The van der Waals surface area contributed by atoms with Crippen LogP contribution in [0.25, 0.3) is 0 Å². The molecule has 0 unspecified atom stereocenters. The van der Waals surface area contributed by atoms with Crippen LogP contribution < -0.4 is 0 Å². The molecule has 0 heterocycles. The van der Waals surface area contributed by atoms with Crippen LogP contribution in [0.5, 0.6) is 0 Å². The fourth-order valence-electron chi connectivity index (χ4n) is 4.57. The molecule has 30 heavy (non-hydrogen) atoms. The molecule has 0 aliphatic carbocycles. The highest BCUT2D eigenvalue weighted by Gasteiger charge is 1.99. The van der Waals surface area contributed by atoms with Crippen molar-refractivity contribution in [1.82, 2.24) is 0 Å². The molecule has 0 bridgehead atoms. The van der Waals surface area contributed by atoms with Crippen molar-refractivity contribution in [2.75, 3.05) is 0 Å². The summed E-state index contributed by atoms with van der Waals surface area (Å²) in [5, 5.41) is 0. The van der Waals surface area contributed by atoms with E-state index < -0.39 is 0 Å². The first-order chi connectivity index (χ1) is 14.9. The van der Waals surface area contributed by atoms with Gasteiger partial charge in [0.1, 0.15) is 0 Å². The van der Waals surface area contributed by atoms with E-state index in [2.05, 4.69) is 38.1 Å². The van der Waals surface area contributed by atoms with Gasteiger partial charge >= 0.3 is 0 Å². The quantitative estimate of drug-likeness (QED) is 0.165. The number of aryl methyl sites for hydroxylation is 2. The first-order valence-corrected chi connectivity index (χ1v) is 13.9. The maximum absolute atomic E-state index is 2.49. The summed E-state index contributed by atoms with van der Waals surface area (Å²) in [6.07, 6.45) is 31.1. The van der Waals surface area contributed by atoms with Crippen LogP contribution in [0.1, 0.15) is 153 Å². The van der Waals surface area contributed by atoms with E-state index in [0.717, 1.165) is 0 Å². The Morgan fingerprint density at radius 2 is 0.700 bits per heavy atom. The van der Waals surface area contributed by atoms with Crippen molar-refractivity contribution < 1.29 is 0 Å². The second kappa shape index (κ2) is 21.5. The van der Waals surface area contributed by atoms with Gasteiger partial charge in [-0.1, -0.05) is 154 Å². The first kappa shape index (κ1) is 27.3. The third kappa shape index (κ3) is 17.0. The summed E-state index contributed by atoms with van der Waals surface area (Å²) in [5.74, 6) is 0. The zero-order valence-electron chi connectivity index (χ0n) is 20.9. The molecule has 0 aliphatic rings. The Morgan fingerprint density at radius 3 is 1.03 bits per heavy atom. The minimum absolute atomic E-state index is 1.28. The molecule has 174 valence electrons. The lowest BCUT2D eigenvalue weighted by molar-refractivity contribution is 0.555. The third-order valence-electron chi connectivity index (χ3n) is 6.63. The summed E-state index contributed by atoms with van der Waals surface area (Å²) in [7, 11) is 0. The first-order valence-electron chi connectivity index (χ1n) is 13.9. The Balaban J connectivity index is 1.97. The number of unbranched alkanes of at least 4 members (excludes halogenated alkanes) is 18. The van der Waals surface area contributed by atoms with Crippen molar-refractivity contribution in [3.8, 4) is 0 Å². The lowest BCUT2D eigenvalue weighted by atomic mass is 9.99. The van der Waals surface area contributed by atoms with E-state index in [0.29, 0.717) is 0 Å². The summed E-state index contributed by atoms with van der Waals surface area (Å²) in [6, 6.07) is 9.46. The summed E-state index contributed by atoms with van der Waals surface area (Å²) in [4.78, 5) is 0. The van der Waals surface area contributed by atoms with Crippen LogP contribution in [-0.2, 0) is 12.8 Å². The molecule has 0 saturated carbocycles. The standard InChI is InChI=1S/C30H54/c1-3-5-7-9-11-13-15-17-19-21-24-29-26-23-27-30(28-29)25-22-20-18-16-14-12-10-8-6-4-2/h23,26-28H,3-22,24-25H2,1-2H3. The molecule has 0 nitrogen and oxygen atoms in total. The van der Waals surface area contributed by atoms with Crippen LogP contribution in [0.2, 0.25) is 0 Å². The Morgan fingerprint density at radius 1 is 0.400 bits per heavy atom. The van der Waals surface area contributed by atoms with Crippen LogP contribution in [0.3, 0.4) is 0 Å². The SMILES string of the molecule is CCCCCCCCCCCCc1cccc(CCCCCCCCCCCC)c1. The Bertz CT molecular complexity index is 422. The Hall–Kier alpha value is -0.780. The third-order valence-corrected chi connectivity index (χ3v) is 6.63. The highest BCUT2D eigenvalue weighted by molar-refractivity contribution is 5.23. The maximum Gasteiger partial charge on any atom is -0.0279 e. The molecule has 0 saturated heterocycles. The molecule has 0 spiro atoms. The van der Waals surface area contributed by atoms with Crippen LogP contribution in [0.15, 0.2) is 24.3 Å². The van der Waals surface area contributed by atoms with E-state index in [4.69, 9.17) is 0 Å². The average Bonchev–Trinajstić information content (AvgIpc) is 2.76. The summed E-state index contributed by atoms with van der Waals surface area (Å²) < 4.78 is 0. The molecule has 0 aromatic heterocycles. The van der Waals surface area contributed by atoms with Crippen molar-refractivity contribution >= 4 is 0 Å². The molecule has 0 radical (unpaired) electrons. The van der Waals surface area contributed by atoms with Gasteiger partial charge in [-0.25, -0.2) is 0 Å². The molecule has 0 fully saturated rings. The number of hydrogen-bond acceptors (Lipinski definition) is 0. The van der Waals surface area contributed by atoms with E-state index in [1.54, 1.807) is 11.1 Å². The number of hydrogen-bond donors (Lipinski definition) is 0. The van der Waals surface area contributed by atoms with E-state index in [1.165, 1.54) is 141 Å². The number of rotatable bonds is 22. The maximum atomic E-state index is 2.49. The lowest BCUT2D eigenvalue weighted by Gasteiger charge is -2.07. The highest BCUT2D eigenvalue weighted by atomic mass is 14.0. The Labute approximate surface area is 190 Å². The smallest absolute Gasteiger partial charge is 0.0279 e. The molecule has 0 amide bonds. The second-order valence-electron chi connectivity index (χ2n) is 9.68. The predicted octanol–water partition coefficient (Wildman–Crippen LogP) is 10.6. The van der Waals surface area contributed by atoms with E-state index in [9.17, 15) is 0 Å². The molecule has 1 aromatic carbocycles. The fourth-order valence-corrected chi connectivity index (χ4v) is 4.57. The molecular formula is C30H54. The summed E-state index contributed by atoms with van der Waals surface area (Å²) in [5.41, 5.74) is 3.14. The minimum Gasteiger partial charge on any atom is -0.0654 e. The second-order valence-corrected chi connectivity index (χ2v) is 9.68. The van der Waals surface area contributed by atoms with Gasteiger partial charge in [-0.15, -0.1) is 0 Å². The molecule has 1 aromatic rings. The highest BCUT2D eigenvalue weighted by Crippen LogP contribution is 2.16. The molecule has 0 atom stereocenters. The van der Waals surface area contributed by atoms with Crippen molar-refractivity contribution in [2.24, 2.45) is 0 Å². The Kier molecular flexibility index (Phi) is 19.5. The van der Waals surface area contributed by atoms with Gasteiger partial charge in [0.05, 0.1) is 0 Å². The van der Waals surface area contributed by atoms with Crippen LogP contribution in [0, 0.1) is 0 Å². The molecule has 1 rings (SSSR count). The van der Waals surface area contributed by atoms with Crippen molar-refractivity contribution in [1.29, 1.82) is 0 Å².